The molecule has 3 heterocycles. The molecule has 1 unspecified atom stereocenters. The molecule has 1 N–H and O–H groups in total. The Morgan fingerprint density at radius 3 is 2.15 bits per heavy atom. The Bertz CT molecular complexity index is 871. The molecule has 0 radical (unpaired) electrons. The fourth-order valence-corrected chi connectivity index (χ4v) is 3.39. The van der Waals surface area contributed by atoms with E-state index in [1.54, 1.807) is 24.3 Å². The molecule has 0 spiro atoms. The minimum absolute atomic E-state index is 0.320. The molecule has 0 saturated carbocycles. The molecule has 1 atom stereocenters. The van der Waals surface area contributed by atoms with Crippen molar-refractivity contribution in [2.45, 2.75) is 25.8 Å². The average Bonchev–Trinajstić information content (AvgIpc) is 3.30. The van der Waals surface area contributed by atoms with E-state index >= 15 is 0 Å². The summed E-state index contributed by atoms with van der Waals surface area (Å²) in [5, 5.41) is 2.68. The maximum absolute atomic E-state index is 12.6. The highest BCUT2D eigenvalue weighted by molar-refractivity contribution is 6.23. The molecule has 1 aromatic heterocycles. The van der Waals surface area contributed by atoms with E-state index in [4.69, 9.17) is 0 Å². The summed E-state index contributed by atoms with van der Waals surface area (Å²) in [7, 11) is 0. The molecule has 138 valence electrons. The van der Waals surface area contributed by atoms with E-state index in [1.807, 2.05) is 0 Å². The van der Waals surface area contributed by atoms with Crippen LogP contribution in [-0.4, -0.2) is 51.7 Å². The lowest BCUT2D eigenvalue weighted by molar-refractivity contribution is -0.119. The van der Waals surface area contributed by atoms with Gasteiger partial charge in [-0.05, 0) is 31.9 Å². The molecule has 3 amide bonds. The first-order chi connectivity index (χ1) is 13.1. The van der Waals surface area contributed by atoms with Crippen LogP contribution in [0, 0.1) is 0 Å². The summed E-state index contributed by atoms with van der Waals surface area (Å²) in [6.45, 7) is 3.39. The van der Waals surface area contributed by atoms with Crippen molar-refractivity contribution in [1.29, 1.82) is 0 Å². The quantitative estimate of drug-likeness (QED) is 0.829. The van der Waals surface area contributed by atoms with Crippen LogP contribution in [0.2, 0.25) is 0 Å². The lowest BCUT2D eigenvalue weighted by Crippen LogP contribution is -2.45. The van der Waals surface area contributed by atoms with E-state index in [9.17, 15) is 14.4 Å². The smallest absolute Gasteiger partial charge is 0.262 e. The number of anilines is 2. The number of imide groups is 1. The van der Waals surface area contributed by atoms with Crippen LogP contribution in [0.1, 0.15) is 40.5 Å². The second kappa shape index (κ2) is 6.79. The van der Waals surface area contributed by atoms with E-state index < -0.39 is 23.8 Å². The third-order valence-electron chi connectivity index (χ3n) is 4.89. The number of hydrogen-bond acceptors (Lipinski definition) is 6. The topological polar surface area (TPSA) is 95.5 Å². The van der Waals surface area contributed by atoms with Crippen LogP contribution in [0.4, 0.5) is 11.6 Å². The standard InChI is InChI=1S/C19H19N5O3/c1-12(24-17(26)14-6-2-3-7-15(14)18(24)27)16(25)22-13-10-20-19(21-11-13)23-8-4-5-9-23/h2-3,6-7,10-12H,4-5,8-9H2,1H3,(H,22,25). The van der Waals surface area contributed by atoms with Crippen molar-refractivity contribution < 1.29 is 14.4 Å². The Hall–Kier alpha value is -3.29. The van der Waals surface area contributed by atoms with Crippen molar-refractivity contribution in [1.82, 2.24) is 14.9 Å². The van der Waals surface area contributed by atoms with Gasteiger partial charge >= 0.3 is 0 Å². The van der Waals surface area contributed by atoms with Gasteiger partial charge in [-0.1, -0.05) is 12.1 Å². The first kappa shape index (κ1) is 17.1. The van der Waals surface area contributed by atoms with Crippen LogP contribution in [0.15, 0.2) is 36.7 Å². The number of nitrogens with one attached hydrogen (secondary N) is 1. The molecule has 27 heavy (non-hydrogen) atoms. The SMILES string of the molecule is CC(C(=O)Nc1cnc(N2CCCC2)nc1)N1C(=O)c2ccccc2C1=O. The van der Waals surface area contributed by atoms with Gasteiger partial charge in [-0.15, -0.1) is 0 Å². The molecule has 0 bridgehead atoms. The van der Waals surface area contributed by atoms with Gasteiger partial charge in [0.2, 0.25) is 11.9 Å². The number of aromatic nitrogens is 2. The maximum Gasteiger partial charge on any atom is 0.262 e. The monoisotopic (exact) mass is 365 g/mol. The van der Waals surface area contributed by atoms with E-state index in [1.165, 1.54) is 19.3 Å². The zero-order valence-corrected chi connectivity index (χ0v) is 14.9. The van der Waals surface area contributed by atoms with Crippen LogP contribution in [-0.2, 0) is 4.79 Å². The largest absolute Gasteiger partial charge is 0.341 e. The molecular weight excluding hydrogens is 346 g/mol. The minimum atomic E-state index is -0.948. The molecular formula is C19H19N5O3. The molecule has 8 heteroatoms. The second-order valence-electron chi connectivity index (χ2n) is 6.66. The van der Waals surface area contributed by atoms with Crippen LogP contribution in [0.25, 0.3) is 0 Å². The molecule has 1 saturated heterocycles. The van der Waals surface area contributed by atoms with Gasteiger partial charge < -0.3 is 10.2 Å². The van der Waals surface area contributed by atoms with Crippen molar-refractivity contribution in [3.8, 4) is 0 Å². The highest BCUT2D eigenvalue weighted by Crippen LogP contribution is 2.25. The molecule has 4 rings (SSSR count). The molecule has 2 aliphatic heterocycles. The van der Waals surface area contributed by atoms with E-state index in [0.29, 0.717) is 22.8 Å². The highest BCUT2D eigenvalue weighted by atomic mass is 16.2. The van der Waals surface area contributed by atoms with E-state index in [2.05, 4.69) is 20.2 Å². The van der Waals surface area contributed by atoms with E-state index in [-0.39, 0.29) is 0 Å². The van der Waals surface area contributed by atoms with Gasteiger partial charge in [0, 0.05) is 13.1 Å². The van der Waals surface area contributed by atoms with Crippen LogP contribution >= 0.6 is 0 Å². The number of carbonyl (C=O) groups is 3. The van der Waals surface area contributed by atoms with Crippen molar-refractivity contribution in [2.75, 3.05) is 23.3 Å². The fraction of sp³-hybridized carbons (Fsp3) is 0.316. The van der Waals surface area contributed by atoms with Crippen molar-refractivity contribution in [2.24, 2.45) is 0 Å². The Balaban J connectivity index is 1.45. The first-order valence-corrected chi connectivity index (χ1v) is 8.91. The van der Waals surface area contributed by atoms with Gasteiger partial charge in [0.1, 0.15) is 6.04 Å². The molecule has 1 aromatic carbocycles. The molecule has 2 aromatic rings. The predicted octanol–water partition coefficient (Wildman–Crippen LogP) is 1.70. The highest BCUT2D eigenvalue weighted by Gasteiger charge is 2.40. The van der Waals surface area contributed by atoms with E-state index in [0.717, 1.165) is 30.8 Å². The molecule has 8 nitrogen and oxygen atoms in total. The van der Waals surface area contributed by atoms with Gasteiger partial charge in [0.05, 0.1) is 29.2 Å². The third-order valence-corrected chi connectivity index (χ3v) is 4.89. The predicted molar refractivity (Wildman–Crippen MR) is 98.5 cm³/mol. The summed E-state index contributed by atoms with van der Waals surface area (Å²) >= 11 is 0. The number of hydrogen-bond donors (Lipinski definition) is 1. The maximum atomic E-state index is 12.6. The average molecular weight is 365 g/mol. The number of amides is 3. The first-order valence-electron chi connectivity index (χ1n) is 8.91. The summed E-state index contributed by atoms with van der Waals surface area (Å²) < 4.78 is 0. The second-order valence-corrected chi connectivity index (χ2v) is 6.66. The van der Waals surface area contributed by atoms with Crippen molar-refractivity contribution in [3.63, 3.8) is 0 Å². The van der Waals surface area contributed by atoms with Gasteiger partial charge in [-0.2, -0.15) is 0 Å². The normalized spacial score (nSPS) is 17.2. The Morgan fingerprint density at radius 1 is 1.04 bits per heavy atom. The zero-order valence-electron chi connectivity index (χ0n) is 14.9. The molecule has 1 fully saturated rings. The Kier molecular flexibility index (Phi) is 4.31. The van der Waals surface area contributed by atoms with Crippen LogP contribution in [0.5, 0.6) is 0 Å². The van der Waals surface area contributed by atoms with Crippen molar-refractivity contribution >= 4 is 29.4 Å². The van der Waals surface area contributed by atoms with Gasteiger partial charge in [0.15, 0.2) is 0 Å². The third kappa shape index (κ3) is 3.03. The number of carbonyl (C=O) groups excluding carboxylic acids is 3. The number of rotatable bonds is 4. The van der Waals surface area contributed by atoms with Crippen LogP contribution in [0.3, 0.4) is 0 Å². The minimum Gasteiger partial charge on any atom is -0.341 e. The zero-order chi connectivity index (χ0) is 19.0. The molecule has 0 aliphatic carbocycles. The summed E-state index contributed by atoms with van der Waals surface area (Å²) in [4.78, 5) is 49.2. The van der Waals surface area contributed by atoms with Gasteiger partial charge in [-0.25, -0.2) is 9.97 Å². The summed E-state index contributed by atoms with van der Waals surface area (Å²) in [6, 6.07) is 5.61. The lowest BCUT2D eigenvalue weighted by Gasteiger charge is -2.21. The van der Waals surface area contributed by atoms with Crippen LogP contribution < -0.4 is 10.2 Å². The summed E-state index contributed by atoms with van der Waals surface area (Å²) in [5.41, 5.74) is 1.06. The fourth-order valence-electron chi connectivity index (χ4n) is 3.39. The number of benzene rings is 1. The molecule has 2 aliphatic rings. The van der Waals surface area contributed by atoms with Crippen molar-refractivity contribution in [3.05, 3.63) is 47.8 Å². The number of nitrogens with zero attached hydrogens (tertiary/aromatic N) is 4. The Morgan fingerprint density at radius 2 is 1.59 bits per heavy atom. The number of fused-ring (bicyclic) bond motifs is 1. The lowest BCUT2D eigenvalue weighted by atomic mass is 10.1. The Labute approximate surface area is 156 Å². The van der Waals surface area contributed by atoms with Gasteiger partial charge in [0.25, 0.3) is 11.8 Å². The summed E-state index contributed by atoms with van der Waals surface area (Å²) in [6.07, 6.45) is 5.32. The van der Waals surface area contributed by atoms with Gasteiger partial charge in [-0.3, -0.25) is 19.3 Å². The summed E-state index contributed by atoms with van der Waals surface area (Å²) in [5.74, 6) is -0.751.